The average Bonchev–Trinajstić information content (AvgIpc) is 2.24. The van der Waals surface area contributed by atoms with Gasteiger partial charge in [0.2, 0.25) is 0 Å². The van der Waals surface area contributed by atoms with Crippen molar-refractivity contribution in [1.82, 2.24) is 5.32 Å². The summed E-state index contributed by atoms with van der Waals surface area (Å²) in [4.78, 5) is 0. The molecular weight excluding hydrogens is 242 g/mol. The molecule has 0 saturated heterocycles. The lowest BCUT2D eigenvalue weighted by atomic mass is 10.2. The monoisotopic (exact) mass is 259 g/mol. The third-order valence-corrected chi connectivity index (χ3v) is 2.49. The van der Waals surface area contributed by atoms with Crippen molar-refractivity contribution in [3.8, 4) is 5.75 Å². The molecule has 1 N–H and O–H groups in total. The predicted molar refractivity (Wildman–Crippen MR) is 65.5 cm³/mol. The third-order valence-electron chi connectivity index (χ3n) is 2.01. The summed E-state index contributed by atoms with van der Waals surface area (Å²) in [5, 5.41) is 3.13. The van der Waals surface area contributed by atoms with Crippen molar-refractivity contribution < 1.29 is 17.3 Å². The van der Waals surface area contributed by atoms with Crippen LogP contribution in [0, 0.1) is 0 Å². The van der Waals surface area contributed by atoms with Gasteiger partial charge in [-0.25, -0.2) is 0 Å². The van der Waals surface area contributed by atoms with Crippen LogP contribution in [-0.2, 0) is 21.4 Å². The minimum Gasteiger partial charge on any atom is -0.383 e. The van der Waals surface area contributed by atoms with E-state index in [-0.39, 0.29) is 0 Å². The van der Waals surface area contributed by atoms with Crippen LogP contribution in [-0.4, -0.2) is 34.9 Å². The maximum atomic E-state index is 11.1. The minimum absolute atomic E-state index is 0.361. The molecule has 6 heteroatoms. The maximum Gasteiger partial charge on any atom is 0.306 e. The zero-order chi connectivity index (χ0) is 12.7. The molecule has 0 amide bonds. The van der Waals surface area contributed by atoms with E-state index < -0.39 is 10.1 Å². The highest BCUT2D eigenvalue weighted by Gasteiger charge is 2.08. The number of ether oxygens (including phenoxy) is 1. The molecule has 0 aliphatic carbocycles. The molecule has 0 unspecified atom stereocenters. The zero-order valence-electron chi connectivity index (χ0n) is 9.97. The third kappa shape index (κ3) is 5.67. The molecule has 1 aromatic rings. The van der Waals surface area contributed by atoms with Crippen LogP contribution in [0.5, 0.6) is 5.75 Å². The van der Waals surface area contributed by atoms with E-state index in [0.29, 0.717) is 25.4 Å². The first-order valence-corrected chi connectivity index (χ1v) is 7.01. The lowest BCUT2D eigenvalue weighted by Gasteiger charge is -2.10. The van der Waals surface area contributed by atoms with Gasteiger partial charge in [0, 0.05) is 25.8 Å². The van der Waals surface area contributed by atoms with Gasteiger partial charge in [-0.15, -0.1) is 0 Å². The van der Waals surface area contributed by atoms with Crippen molar-refractivity contribution in [1.29, 1.82) is 0 Å². The molecule has 0 heterocycles. The van der Waals surface area contributed by atoms with Gasteiger partial charge in [-0.05, 0) is 6.07 Å². The number of benzene rings is 1. The Morgan fingerprint density at radius 3 is 2.65 bits per heavy atom. The standard InChI is InChI=1S/C11H17NO4S/c1-15-8-7-12-9-10-5-3-4-6-11(10)16-17(2,13)14/h3-6,12H,7-9H2,1-2H3. The van der Waals surface area contributed by atoms with E-state index >= 15 is 0 Å². The van der Waals surface area contributed by atoms with Gasteiger partial charge in [0.25, 0.3) is 0 Å². The molecule has 96 valence electrons. The van der Waals surface area contributed by atoms with Crippen LogP contribution in [0.4, 0.5) is 0 Å². The van der Waals surface area contributed by atoms with Crippen molar-refractivity contribution in [2.75, 3.05) is 26.5 Å². The van der Waals surface area contributed by atoms with Crippen molar-refractivity contribution in [2.24, 2.45) is 0 Å². The number of rotatable bonds is 7. The largest absolute Gasteiger partial charge is 0.383 e. The van der Waals surface area contributed by atoms with Gasteiger partial charge in [0.15, 0.2) is 0 Å². The highest BCUT2D eigenvalue weighted by atomic mass is 32.2. The van der Waals surface area contributed by atoms with Crippen LogP contribution in [0.3, 0.4) is 0 Å². The van der Waals surface area contributed by atoms with E-state index in [1.54, 1.807) is 19.2 Å². The highest BCUT2D eigenvalue weighted by Crippen LogP contribution is 2.19. The van der Waals surface area contributed by atoms with Crippen LogP contribution < -0.4 is 9.50 Å². The molecule has 0 aromatic heterocycles. The fourth-order valence-electron chi connectivity index (χ4n) is 1.29. The molecule has 0 fully saturated rings. The summed E-state index contributed by atoms with van der Waals surface area (Å²) in [5.41, 5.74) is 0.800. The summed E-state index contributed by atoms with van der Waals surface area (Å²) >= 11 is 0. The lowest BCUT2D eigenvalue weighted by molar-refractivity contribution is 0.199. The molecular formula is C11H17NO4S. The summed E-state index contributed by atoms with van der Waals surface area (Å²) in [5.74, 6) is 0.361. The van der Waals surface area contributed by atoms with Crippen LogP contribution in [0.25, 0.3) is 0 Å². The van der Waals surface area contributed by atoms with E-state index in [0.717, 1.165) is 11.8 Å². The Hall–Kier alpha value is -1.11. The molecule has 5 nitrogen and oxygen atoms in total. The Balaban J connectivity index is 2.64. The summed E-state index contributed by atoms with van der Waals surface area (Å²) in [7, 11) is -1.86. The quantitative estimate of drug-likeness (QED) is 0.578. The Morgan fingerprint density at radius 2 is 2.00 bits per heavy atom. The second kappa shape index (κ2) is 6.58. The number of methoxy groups -OCH3 is 1. The predicted octanol–water partition coefficient (Wildman–Crippen LogP) is 0.761. The average molecular weight is 259 g/mol. The first-order chi connectivity index (χ1) is 8.03. The SMILES string of the molecule is COCCNCc1ccccc1OS(C)(=O)=O. The van der Waals surface area contributed by atoms with Gasteiger partial charge in [-0.3, -0.25) is 0 Å². The summed E-state index contributed by atoms with van der Waals surface area (Å²) in [6.07, 6.45) is 1.03. The van der Waals surface area contributed by atoms with E-state index in [2.05, 4.69) is 5.32 Å². The lowest BCUT2D eigenvalue weighted by Crippen LogP contribution is -2.19. The number of hydrogen-bond acceptors (Lipinski definition) is 5. The van der Waals surface area contributed by atoms with Gasteiger partial charge < -0.3 is 14.2 Å². The molecule has 0 aliphatic rings. The Morgan fingerprint density at radius 1 is 1.29 bits per heavy atom. The van der Waals surface area contributed by atoms with Crippen LogP contribution in [0.2, 0.25) is 0 Å². The summed E-state index contributed by atoms with van der Waals surface area (Å²) in [6, 6.07) is 7.02. The molecule has 1 aromatic carbocycles. The van der Waals surface area contributed by atoms with Crippen molar-refractivity contribution in [3.05, 3.63) is 29.8 Å². The van der Waals surface area contributed by atoms with Gasteiger partial charge in [-0.1, -0.05) is 18.2 Å². The fraction of sp³-hybridized carbons (Fsp3) is 0.455. The zero-order valence-corrected chi connectivity index (χ0v) is 10.8. The van der Waals surface area contributed by atoms with Gasteiger partial charge >= 0.3 is 10.1 Å². The fourth-order valence-corrected chi connectivity index (χ4v) is 1.78. The maximum absolute atomic E-state index is 11.1. The van der Waals surface area contributed by atoms with Gasteiger partial charge in [0.05, 0.1) is 12.9 Å². The molecule has 0 aliphatic heterocycles. The van der Waals surface area contributed by atoms with Gasteiger partial charge in [0.1, 0.15) is 5.75 Å². The molecule has 17 heavy (non-hydrogen) atoms. The molecule has 0 radical (unpaired) electrons. The summed E-state index contributed by atoms with van der Waals surface area (Å²) < 4.78 is 31.9. The molecule has 0 bridgehead atoms. The van der Waals surface area contributed by atoms with Crippen LogP contribution >= 0.6 is 0 Å². The van der Waals surface area contributed by atoms with Crippen LogP contribution in [0.1, 0.15) is 5.56 Å². The summed E-state index contributed by atoms with van der Waals surface area (Å²) in [6.45, 7) is 1.84. The normalized spacial score (nSPS) is 11.4. The molecule has 1 rings (SSSR count). The number of nitrogens with one attached hydrogen (secondary N) is 1. The number of para-hydroxylation sites is 1. The Labute approximate surface area is 102 Å². The van der Waals surface area contributed by atoms with E-state index in [4.69, 9.17) is 8.92 Å². The first kappa shape index (κ1) is 14.0. The molecule has 0 spiro atoms. The van der Waals surface area contributed by atoms with Gasteiger partial charge in [-0.2, -0.15) is 8.42 Å². The minimum atomic E-state index is -3.49. The second-order valence-corrected chi connectivity index (χ2v) is 5.14. The van der Waals surface area contributed by atoms with Crippen molar-refractivity contribution in [2.45, 2.75) is 6.54 Å². The van der Waals surface area contributed by atoms with E-state index in [1.807, 2.05) is 12.1 Å². The second-order valence-electron chi connectivity index (χ2n) is 3.56. The molecule has 0 atom stereocenters. The topological polar surface area (TPSA) is 64.6 Å². The van der Waals surface area contributed by atoms with Crippen molar-refractivity contribution >= 4 is 10.1 Å². The Bertz CT molecular complexity index is 445. The van der Waals surface area contributed by atoms with Crippen LogP contribution in [0.15, 0.2) is 24.3 Å². The van der Waals surface area contributed by atoms with E-state index in [9.17, 15) is 8.42 Å². The molecule has 0 saturated carbocycles. The highest BCUT2D eigenvalue weighted by molar-refractivity contribution is 7.86. The first-order valence-electron chi connectivity index (χ1n) is 5.20. The number of hydrogen-bond donors (Lipinski definition) is 1. The smallest absolute Gasteiger partial charge is 0.306 e. The Kier molecular flexibility index (Phi) is 5.40. The van der Waals surface area contributed by atoms with E-state index in [1.165, 1.54) is 0 Å². The van der Waals surface area contributed by atoms with Crippen molar-refractivity contribution in [3.63, 3.8) is 0 Å².